The van der Waals surface area contributed by atoms with E-state index in [0.717, 1.165) is 28.3 Å². The minimum absolute atomic E-state index is 0. The first-order valence-corrected chi connectivity index (χ1v) is 13.3. The summed E-state index contributed by atoms with van der Waals surface area (Å²) in [5, 5.41) is 3.33. The summed E-state index contributed by atoms with van der Waals surface area (Å²) in [6.07, 6.45) is 0. The van der Waals surface area contributed by atoms with Crippen LogP contribution in [0.4, 0.5) is 5.69 Å². The van der Waals surface area contributed by atoms with E-state index < -0.39 is 0 Å². The largest absolute Gasteiger partial charge is 0.497 e. The van der Waals surface area contributed by atoms with Crippen LogP contribution in [-0.4, -0.2) is 19.1 Å². The van der Waals surface area contributed by atoms with Crippen molar-refractivity contribution in [2.24, 2.45) is 0 Å². The molecule has 24 heavy (non-hydrogen) atoms. The fourth-order valence-corrected chi connectivity index (χ4v) is 1.93. The average Bonchev–Trinajstić information content (AvgIpc) is 2.56. The third-order valence-corrected chi connectivity index (χ3v) is 3.70. The molecule has 1 aromatic rings. The van der Waals surface area contributed by atoms with Gasteiger partial charge in [0, 0.05) is 76.6 Å². The van der Waals surface area contributed by atoms with Crippen LogP contribution in [0.3, 0.4) is 0 Å². The molecule has 0 atom stereocenters. The number of halogens is 2. The number of methoxy groups -OCH3 is 1. The van der Waals surface area contributed by atoms with E-state index in [0.29, 0.717) is 5.76 Å². The summed E-state index contributed by atoms with van der Waals surface area (Å²) in [5.41, 5.74) is 5.33. The number of rotatable bonds is 6. The van der Waals surface area contributed by atoms with Crippen LogP contribution in [0.15, 0.2) is 48.1 Å². The van der Waals surface area contributed by atoms with Gasteiger partial charge in [-0.1, -0.05) is 32.7 Å². The van der Waals surface area contributed by atoms with E-state index in [1.165, 1.54) is 5.56 Å². The van der Waals surface area contributed by atoms with Crippen molar-refractivity contribution >= 4 is 42.9 Å². The fourth-order valence-electron chi connectivity index (χ4n) is 1.93. The predicted octanol–water partition coefficient (Wildman–Crippen LogP) is 6.14. The second kappa shape index (κ2) is 13.2. The van der Waals surface area contributed by atoms with Crippen molar-refractivity contribution in [3.63, 3.8) is 0 Å². The minimum atomic E-state index is 0. The number of ether oxygens (including phenoxy) is 1. The zero-order chi connectivity index (χ0) is 18.2. The maximum absolute atomic E-state index is 5.18. The molecule has 0 bridgehead atoms. The third-order valence-electron chi connectivity index (χ3n) is 3.70. The van der Waals surface area contributed by atoms with Crippen LogP contribution in [0, 0.1) is 19.9 Å². The van der Waals surface area contributed by atoms with E-state index in [-0.39, 0.29) is 21.1 Å². The first kappa shape index (κ1) is 26.2. The molecule has 0 heterocycles. The Labute approximate surface area is 184 Å². The molecule has 0 aliphatic heterocycles. The van der Waals surface area contributed by atoms with Gasteiger partial charge in [0.05, 0.1) is 12.9 Å². The van der Waals surface area contributed by atoms with Gasteiger partial charge in [-0.25, -0.2) is 0 Å². The number of anilines is 1. The average molecular weight is 723 g/mol. The Morgan fingerprint density at radius 2 is 1.79 bits per heavy atom. The molecule has 0 fully saturated rings. The van der Waals surface area contributed by atoms with Gasteiger partial charge in [0.2, 0.25) is 0 Å². The molecule has 0 unspecified atom stereocenters. The monoisotopic (exact) mass is 723 g/mol. The van der Waals surface area contributed by atoms with Crippen molar-refractivity contribution < 1.29 is 25.8 Å². The molecule has 1 aromatic carbocycles. The predicted molar refractivity (Wildman–Crippen MR) is 118 cm³/mol. The molecule has 0 aliphatic rings. The van der Waals surface area contributed by atoms with Crippen molar-refractivity contribution in [2.45, 2.75) is 27.7 Å². The molecular formula is C18H25I2N2OW-. The van der Waals surface area contributed by atoms with E-state index in [4.69, 9.17) is 4.74 Å². The molecule has 0 saturated heterocycles. The second-order valence-corrected chi connectivity index (χ2v) is 5.18. The topological polar surface area (TPSA) is 24.5 Å². The van der Waals surface area contributed by atoms with Crippen molar-refractivity contribution in [1.82, 2.24) is 4.90 Å². The first-order chi connectivity index (χ1) is 10.8. The minimum Gasteiger partial charge on any atom is -0.497 e. The van der Waals surface area contributed by atoms with Gasteiger partial charge in [0.1, 0.15) is 5.76 Å². The fraction of sp³-hybridized carbons (Fsp3) is 0.333. The van der Waals surface area contributed by atoms with Gasteiger partial charge in [-0.15, -0.1) is 5.56 Å². The van der Waals surface area contributed by atoms with Crippen molar-refractivity contribution in [3.8, 4) is 0 Å². The van der Waals surface area contributed by atoms with Crippen LogP contribution in [0.2, 0.25) is 0 Å². The van der Waals surface area contributed by atoms with E-state index in [1.54, 1.807) is 7.11 Å². The van der Waals surface area contributed by atoms with E-state index in [2.05, 4.69) is 74.8 Å². The van der Waals surface area contributed by atoms with Crippen LogP contribution in [0.5, 0.6) is 0 Å². The molecule has 6 heteroatoms. The summed E-state index contributed by atoms with van der Waals surface area (Å²) in [6, 6.07) is 7.24. The number of hydrogen-bond donors (Lipinski definition) is 1. The maximum atomic E-state index is 5.18. The Morgan fingerprint density at radius 1 is 1.25 bits per heavy atom. The molecule has 0 aliphatic carbocycles. The van der Waals surface area contributed by atoms with Crippen molar-refractivity contribution in [1.29, 1.82) is 0 Å². The molecule has 0 amide bonds. The molecule has 1 rings (SSSR count). The normalized spacial score (nSPS) is 10.3. The van der Waals surface area contributed by atoms with Gasteiger partial charge in [-0.2, -0.15) is 23.8 Å². The second-order valence-electron chi connectivity index (χ2n) is 5.18. The molecule has 0 aromatic heterocycles. The third kappa shape index (κ3) is 7.91. The summed E-state index contributed by atoms with van der Waals surface area (Å²) in [6.45, 7) is 16.1. The summed E-state index contributed by atoms with van der Waals surface area (Å²) in [4.78, 5) is 1.98. The van der Waals surface area contributed by atoms with Gasteiger partial charge >= 0.3 is 0 Å². The molecule has 3 nitrogen and oxygen atoms in total. The smallest absolute Gasteiger partial charge is 0.116 e. The number of aryl methyl sites for hydroxylation is 2. The van der Waals surface area contributed by atoms with Crippen LogP contribution >= 0.6 is 37.2 Å². The van der Waals surface area contributed by atoms with E-state index in [9.17, 15) is 0 Å². The van der Waals surface area contributed by atoms with Crippen LogP contribution < -0.4 is 5.32 Å². The first-order valence-electron chi connectivity index (χ1n) is 7.01. The van der Waals surface area contributed by atoms with Gasteiger partial charge in [-0.3, -0.25) is 0 Å². The summed E-state index contributed by atoms with van der Waals surface area (Å²) < 4.78 is 5.18. The number of nitrogens with one attached hydrogen (secondary N) is 1. The zero-order valence-corrected chi connectivity index (χ0v) is 22.3. The molecular weight excluding hydrogens is 698 g/mol. The Kier molecular flexibility index (Phi) is 14.4. The number of benzene rings is 1. The number of nitrogens with zero attached hydrogens (tertiary/aromatic N) is 1. The number of allylic oxidation sites excluding steroid dienone is 2. The maximum Gasteiger partial charge on any atom is 0.116 e. The van der Waals surface area contributed by atoms with Gasteiger partial charge < -0.3 is 15.0 Å². The molecule has 1 N–H and O–H groups in total. The standard InChI is InChI=1S/C18H25N2O.I2.W/c1-12-9-10-18(13(2)11-12)19-17(6)20(7)15(4)14(3)16(5)21-8;1-2;/h10-11,19H,5-6H2,1-4,7-8H3;;/q-1;;/b15-14-;;. The van der Waals surface area contributed by atoms with Gasteiger partial charge in [0.25, 0.3) is 0 Å². The van der Waals surface area contributed by atoms with Crippen LogP contribution in [0.1, 0.15) is 25.0 Å². The number of hydrogen-bond acceptors (Lipinski definition) is 3. The summed E-state index contributed by atoms with van der Waals surface area (Å²) in [5.74, 6) is 1.45. The summed E-state index contributed by atoms with van der Waals surface area (Å²) in [7, 11) is 3.59. The van der Waals surface area contributed by atoms with Gasteiger partial charge in [0.15, 0.2) is 0 Å². The summed E-state index contributed by atoms with van der Waals surface area (Å²) >= 11 is 4.24. The van der Waals surface area contributed by atoms with E-state index >= 15 is 0 Å². The Balaban J connectivity index is 0. The van der Waals surface area contributed by atoms with Crippen molar-refractivity contribution in [2.75, 3.05) is 19.5 Å². The SMILES string of the molecule is C=C(OC)/C(C)=C(/C)N(C)C(=C)Nc1c[c-]c(C)cc1C.II.[W]. The zero-order valence-electron chi connectivity index (χ0n) is 15.1. The van der Waals surface area contributed by atoms with Crippen molar-refractivity contribution in [3.05, 3.63) is 65.3 Å². The Morgan fingerprint density at radius 3 is 2.25 bits per heavy atom. The van der Waals surface area contributed by atoms with Gasteiger partial charge in [-0.05, 0) is 13.8 Å². The quantitative estimate of drug-likeness (QED) is 0.165. The Bertz CT molecular complexity index is 601. The Hall–Kier alpha value is -0.0117. The van der Waals surface area contributed by atoms with Crippen LogP contribution in [-0.2, 0) is 25.8 Å². The van der Waals surface area contributed by atoms with E-state index in [1.807, 2.05) is 38.8 Å². The molecule has 0 spiro atoms. The molecule has 134 valence electrons. The molecule has 0 radical (unpaired) electrons. The molecule has 0 saturated carbocycles. The van der Waals surface area contributed by atoms with Crippen LogP contribution in [0.25, 0.3) is 0 Å².